The summed E-state index contributed by atoms with van der Waals surface area (Å²) in [6, 6.07) is 6.88. The fraction of sp³-hybridized carbons (Fsp3) is 0.458. The van der Waals surface area contributed by atoms with Gasteiger partial charge in [-0.2, -0.15) is 0 Å². The molecule has 0 bridgehead atoms. The van der Waals surface area contributed by atoms with Gasteiger partial charge in [0.05, 0.1) is 0 Å². The highest BCUT2D eigenvalue weighted by Crippen LogP contribution is 2.44. The van der Waals surface area contributed by atoms with Crippen molar-refractivity contribution in [1.29, 1.82) is 0 Å². The van der Waals surface area contributed by atoms with Gasteiger partial charge < -0.3 is 20.0 Å². The number of oxime groups is 1. The summed E-state index contributed by atoms with van der Waals surface area (Å²) in [4.78, 5) is 56.7. The smallest absolute Gasteiger partial charge is 0.352 e. The number of fused-ring (bicyclic) bond motifs is 2. The first-order valence-electron chi connectivity index (χ1n) is 11.3. The standard InChI is InChI=1S/C24H27N3O7S2/c1-12(28)33-10-13-11-35-22-18(21(30)27(22)19(13)23(31)32)25-17(29)9-15-14-7-5-6-8-16(14)36-20(15)26-34-24(2,3)4/h5-8,15,18,22H,9-11H2,1-4H3,(H,25,29)(H,31,32)/t15?,18-,22-/m1/s1. The molecule has 1 unspecified atom stereocenters. The molecule has 0 radical (unpaired) electrons. The summed E-state index contributed by atoms with van der Waals surface area (Å²) in [5.74, 6) is -2.72. The van der Waals surface area contributed by atoms with Crippen LogP contribution >= 0.6 is 23.5 Å². The minimum atomic E-state index is -1.28. The molecule has 36 heavy (non-hydrogen) atoms. The lowest BCUT2D eigenvalue weighted by Crippen LogP contribution is -2.70. The van der Waals surface area contributed by atoms with Crippen molar-refractivity contribution < 1.29 is 33.9 Å². The predicted octanol–water partition coefficient (Wildman–Crippen LogP) is 2.70. The van der Waals surface area contributed by atoms with E-state index in [2.05, 4.69) is 10.5 Å². The summed E-state index contributed by atoms with van der Waals surface area (Å²) in [5, 5.41) is 16.9. The number of thioether (sulfide) groups is 2. The molecule has 12 heteroatoms. The molecule has 3 aliphatic heterocycles. The van der Waals surface area contributed by atoms with Gasteiger partial charge in [0.25, 0.3) is 5.91 Å². The minimum Gasteiger partial charge on any atom is -0.477 e. The van der Waals surface area contributed by atoms with Crippen LogP contribution in [0.15, 0.2) is 45.6 Å². The molecule has 192 valence electrons. The van der Waals surface area contributed by atoms with E-state index in [4.69, 9.17) is 9.57 Å². The lowest BCUT2D eigenvalue weighted by atomic mass is 9.96. The number of β-lactam (4-membered cyclic amide) rings is 1. The average molecular weight is 534 g/mol. The number of amides is 2. The third-order valence-electron chi connectivity index (χ3n) is 5.62. The lowest BCUT2D eigenvalue weighted by Gasteiger charge is -2.49. The molecule has 1 fully saturated rings. The fourth-order valence-electron chi connectivity index (χ4n) is 4.04. The zero-order valence-electron chi connectivity index (χ0n) is 20.3. The molecule has 0 saturated carbocycles. The number of esters is 1. The van der Waals surface area contributed by atoms with E-state index >= 15 is 0 Å². The van der Waals surface area contributed by atoms with E-state index in [1.807, 2.05) is 45.0 Å². The molecular weight excluding hydrogens is 506 g/mol. The van der Waals surface area contributed by atoms with Crippen LogP contribution < -0.4 is 5.32 Å². The number of hydrogen-bond donors (Lipinski definition) is 2. The van der Waals surface area contributed by atoms with Crippen LogP contribution in [-0.2, 0) is 28.8 Å². The van der Waals surface area contributed by atoms with Crippen molar-refractivity contribution in [2.45, 2.75) is 61.9 Å². The maximum Gasteiger partial charge on any atom is 0.352 e. The van der Waals surface area contributed by atoms with Crippen molar-refractivity contribution in [3.8, 4) is 0 Å². The van der Waals surface area contributed by atoms with Gasteiger partial charge in [0.1, 0.15) is 34.4 Å². The number of rotatable bonds is 7. The van der Waals surface area contributed by atoms with E-state index in [9.17, 15) is 24.3 Å². The van der Waals surface area contributed by atoms with Gasteiger partial charge >= 0.3 is 11.9 Å². The number of carbonyl (C=O) groups is 4. The maximum absolute atomic E-state index is 13.1. The second-order valence-corrected chi connectivity index (χ2v) is 11.7. The van der Waals surface area contributed by atoms with Crippen LogP contribution in [0.3, 0.4) is 0 Å². The number of nitrogens with one attached hydrogen (secondary N) is 1. The van der Waals surface area contributed by atoms with Crippen molar-refractivity contribution in [1.82, 2.24) is 10.2 Å². The number of aliphatic carboxylic acids is 1. The van der Waals surface area contributed by atoms with Crippen LogP contribution in [0.25, 0.3) is 0 Å². The molecular formula is C24H27N3O7S2. The van der Waals surface area contributed by atoms with Gasteiger partial charge in [-0.1, -0.05) is 35.1 Å². The first-order chi connectivity index (χ1) is 17.0. The number of carbonyl (C=O) groups excluding carboxylic acids is 3. The second-order valence-electron chi connectivity index (χ2n) is 9.52. The Labute approximate surface area is 216 Å². The molecule has 1 saturated heterocycles. The summed E-state index contributed by atoms with van der Waals surface area (Å²) in [7, 11) is 0. The van der Waals surface area contributed by atoms with Gasteiger partial charge in [-0.25, -0.2) is 4.79 Å². The van der Waals surface area contributed by atoms with Gasteiger partial charge in [0.2, 0.25) is 5.91 Å². The fourth-order valence-corrected chi connectivity index (χ4v) is 6.49. The van der Waals surface area contributed by atoms with E-state index in [0.29, 0.717) is 10.6 Å². The summed E-state index contributed by atoms with van der Waals surface area (Å²) in [6.45, 7) is 6.69. The van der Waals surface area contributed by atoms with Crippen molar-refractivity contribution in [2.24, 2.45) is 5.16 Å². The van der Waals surface area contributed by atoms with E-state index in [-0.39, 0.29) is 36.3 Å². The highest BCUT2D eigenvalue weighted by molar-refractivity contribution is 8.14. The summed E-state index contributed by atoms with van der Waals surface area (Å²) >= 11 is 2.77. The van der Waals surface area contributed by atoms with E-state index < -0.39 is 34.9 Å². The van der Waals surface area contributed by atoms with Crippen LogP contribution in [0, 0.1) is 0 Å². The summed E-state index contributed by atoms with van der Waals surface area (Å²) in [6.07, 6.45) is 0.0663. The van der Waals surface area contributed by atoms with Crippen molar-refractivity contribution in [3.63, 3.8) is 0 Å². The van der Waals surface area contributed by atoms with Gasteiger partial charge in [-0.3, -0.25) is 19.3 Å². The minimum absolute atomic E-state index is 0.0663. The molecule has 2 amide bonds. The number of carboxylic acid groups (broad SMARTS) is 1. The van der Waals surface area contributed by atoms with Gasteiger partial charge in [0.15, 0.2) is 0 Å². The van der Waals surface area contributed by atoms with Crippen molar-refractivity contribution >= 4 is 52.3 Å². The summed E-state index contributed by atoms with van der Waals surface area (Å²) in [5.41, 5.74) is 0.634. The topological polar surface area (TPSA) is 135 Å². The van der Waals surface area contributed by atoms with Crippen LogP contribution in [0.5, 0.6) is 0 Å². The molecule has 4 rings (SSSR count). The van der Waals surface area contributed by atoms with Crippen LogP contribution in [0.4, 0.5) is 0 Å². The van der Waals surface area contributed by atoms with E-state index in [1.165, 1.54) is 30.4 Å². The molecule has 1 aromatic carbocycles. The molecule has 3 atom stereocenters. The zero-order chi connectivity index (χ0) is 26.2. The average Bonchev–Trinajstić information content (AvgIpc) is 3.15. The first-order valence-corrected chi connectivity index (χ1v) is 13.2. The van der Waals surface area contributed by atoms with Crippen LogP contribution in [0.1, 0.15) is 45.6 Å². The Morgan fingerprint density at radius 3 is 2.64 bits per heavy atom. The van der Waals surface area contributed by atoms with E-state index in [0.717, 1.165) is 15.4 Å². The van der Waals surface area contributed by atoms with Gasteiger partial charge in [0, 0.05) is 35.5 Å². The van der Waals surface area contributed by atoms with Gasteiger partial charge in [-0.15, -0.1) is 11.8 Å². The highest BCUT2D eigenvalue weighted by Gasteiger charge is 2.54. The molecule has 1 aromatic rings. The van der Waals surface area contributed by atoms with Gasteiger partial charge in [-0.05, 0) is 32.4 Å². The molecule has 3 aliphatic rings. The molecule has 0 aliphatic carbocycles. The highest BCUT2D eigenvalue weighted by atomic mass is 32.2. The first kappa shape index (κ1) is 26.1. The van der Waals surface area contributed by atoms with Crippen LogP contribution in [0.2, 0.25) is 0 Å². The third kappa shape index (κ3) is 5.39. The van der Waals surface area contributed by atoms with Crippen molar-refractivity contribution in [3.05, 3.63) is 41.1 Å². The number of hydrogen-bond acceptors (Lipinski definition) is 9. The largest absolute Gasteiger partial charge is 0.477 e. The Bertz CT molecular complexity index is 1170. The normalized spacial score (nSPS) is 24.1. The molecule has 0 spiro atoms. The second kappa shape index (κ2) is 10.2. The quantitative estimate of drug-likeness (QED) is 0.308. The zero-order valence-corrected chi connectivity index (χ0v) is 21.9. The molecule has 10 nitrogen and oxygen atoms in total. The van der Waals surface area contributed by atoms with Crippen molar-refractivity contribution in [2.75, 3.05) is 12.4 Å². The Hall–Kier alpha value is -2.99. The number of ether oxygens (including phenoxy) is 1. The predicted molar refractivity (Wildman–Crippen MR) is 134 cm³/mol. The number of benzene rings is 1. The maximum atomic E-state index is 13.1. The number of carboxylic acids is 1. The molecule has 0 aromatic heterocycles. The Morgan fingerprint density at radius 2 is 1.97 bits per heavy atom. The SMILES string of the molecule is CC(=O)OCC1=C(C(=O)O)N2C(=O)[C@@H](NC(=O)CC3C(=NOC(C)(C)C)Sc4ccccc43)[C@H]2SC1. The Kier molecular flexibility index (Phi) is 7.37. The molecule has 2 N–H and O–H groups in total. The Balaban J connectivity index is 1.46. The molecule has 3 heterocycles. The third-order valence-corrected chi connectivity index (χ3v) is 8.12. The number of nitrogens with zero attached hydrogens (tertiary/aromatic N) is 2. The summed E-state index contributed by atoms with van der Waals surface area (Å²) < 4.78 is 4.95. The van der Waals surface area contributed by atoms with E-state index in [1.54, 1.807) is 0 Å². The monoisotopic (exact) mass is 533 g/mol. The Morgan fingerprint density at radius 1 is 1.25 bits per heavy atom. The van der Waals surface area contributed by atoms with Crippen LogP contribution in [-0.4, -0.2) is 68.2 Å². The lowest BCUT2D eigenvalue weighted by molar-refractivity contribution is -0.151.